The first-order valence-corrected chi connectivity index (χ1v) is 5.77. The second kappa shape index (κ2) is 5.58. The van der Waals surface area contributed by atoms with Crippen LogP contribution in [0, 0.1) is 0 Å². The fourth-order valence-electron chi connectivity index (χ4n) is 1.50. The van der Waals surface area contributed by atoms with Crippen LogP contribution in [0.3, 0.4) is 0 Å². The van der Waals surface area contributed by atoms with Crippen molar-refractivity contribution >= 4 is 17.0 Å². The summed E-state index contributed by atoms with van der Waals surface area (Å²) in [7, 11) is 0. The van der Waals surface area contributed by atoms with Gasteiger partial charge in [0.05, 0.1) is 12.4 Å². The average Bonchev–Trinajstić information content (AvgIpc) is 2.77. The van der Waals surface area contributed by atoms with Gasteiger partial charge in [-0.3, -0.25) is 0 Å². The first-order chi connectivity index (χ1) is 8.27. The maximum atomic E-state index is 5.46. The lowest BCUT2D eigenvalue weighted by atomic mass is 10.4. The summed E-state index contributed by atoms with van der Waals surface area (Å²) in [6.07, 6.45) is 4.36. The molecular weight excluding hydrogens is 218 g/mol. The molecule has 17 heavy (non-hydrogen) atoms. The van der Waals surface area contributed by atoms with Gasteiger partial charge in [0.15, 0.2) is 11.5 Å². The molecule has 0 aliphatic rings. The normalized spacial score (nSPS) is 11.2. The standard InChI is InChI=1S/C11H17N5O/c1-8(2)17-5-3-4-12-10-9-11(14-6-13-9)16-7-15-10/h6-8H,3-5H2,1-2H3,(H2,12,13,14,15,16). The van der Waals surface area contributed by atoms with Crippen LogP contribution in [0.25, 0.3) is 11.2 Å². The zero-order chi connectivity index (χ0) is 12.1. The SMILES string of the molecule is CC(C)OCCCNc1ncnc2nc[nH]c12. The van der Waals surface area contributed by atoms with Crippen LogP contribution >= 0.6 is 0 Å². The number of hydrogen-bond donors (Lipinski definition) is 2. The number of aromatic amines is 1. The van der Waals surface area contributed by atoms with E-state index in [9.17, 15) is 0 Å². The molecule has 0 saturated carbocycles. The smallest absolute Gasteiger partial charge is 0.182 e. The number of nitrogens with zero attached hydrogens (tertiary/aromatic N) is 3. The Morgan fingerprint density at radius 3 is 3.06 bits per heavy atom. The summed E-state index contributed by atoms with van der Waals surface area (Å²) >= 11 is 0. The maximum Gasteiger partial charge on any atom is 0.182 e. The monoisotopic (exact) mass is 235 g/mol. The fourth-order valence-corrected chi connectivity index (χ4v) is 1.50. The second-order valence-electron chi connectivity index (χ2n) is 4.02. The van der Waals surface area contributed by atoms with Gasteiger partial charge >= 0.3 is 0 Å². The molecule has 2 heterocycles. The van der Waals surface area contributed by atoms with Crippen molar-refractivity contribution in [3.05, 3.63) is 12.7 Å². The van der Waals surface area contributed by atoms with Crippen LogP contribution in [0.2, 0.25) is 0 Å². The predicted octanol–water partition coefficient (Wildman–Crippen LogP) is 1.58. The quantitative estimate of drug-likeness (QED) is 0.743. The van der Waals surface area contributed by atoms with Gasteiger partial charge in [-0.25, -0.2) is 15.0 Å². The highest BCUT2D eigenvalue weighted by Gasteiger charge is 2.04. The number of anilines is 1. The lowest BCUT2D eigenvalue weighted by molar-refractivity contribution is 0.0787. The lowest BCUT2D eigenvalue weighted by Gasteiger charge is -2.08. The molecule has 0 atom stereocenters. The summed E-state index contributed by atoms with van der Waals surface area (Å²) in [6, 6.07) is 0. The Morgan fingerprint density at radius 1 is 1.35 bits per heavy atom. The number of H-pyrrole nitrogens is 1. The molecule has 6 heteroatoms. The third-order valence-electron chi connectivity index (χ3n) is 2.29. The molecule has 0 spiro atoms. The summed E-state index contributed by atoms with van der Waals surface area (Å²) < 4.78 is 5.46. The Balaban J connectivity index is 1.84. The molecule has 0 fully saturated rings. The van der Waals surface area contributed by atoms with Gasteiger partial charge in [-0.1, -0.05) is 0 Å². The third-order valence-corrected chi connectivity index (χ3v) is 2.29. The number of fused-ring (bicyclic) bond motifs is 1. The van der Waals surface area contributed by atoms with E-state index in [1.165, 1.54) is 6.33 Å². The van der Waals surface area contributed by atoms with Gasteiger partial charge in [0.25, 0.3) is 0 Å². The van der Waals surface area contributed by atoms with Crippen molar-refractivity contribution in [1.29, 1.82) is 0 Å². The van der Waals surface area contributed by atoms with E-state index in [4.69, 9.17) is 4.74 Å². The van der Waals surface area contributed by atoms with Crippen LogP contribution in [-0.4, -0.2) is 39.2 Å². The van der Waals surface area contributed by atoms with Gasteiger partial charge in [0.2, 0.25) is 0 Å². The summed E-state index contributed by atoms with van der Waals surface area (Å²) in [5.74, 6) is 0.789. The van der Waals surface area contributed by atoms with Crippen molar-refractivity contribution in [3.63, 3.8) is 0 Å². The minimum Gasteiger partial charge on any atom is -0.379 e. The molecule has 2 aromatic heterocycles. The molecule has 2 N–H and O–H groups in total. The van der Waals surface area contributed by atoms with Crippen molar-refractivity contribution in [1.82, 2.24) is 19.9 Å². The van der Waals surface area contributed by atoms with E-state index >= 15 is 0 Å². The molecule has 0 saturated heterocycles. The minimum atomic E-state index is 0.286. The molecule has 6 nitrogen and oxygen atoms in total. The Bertz CT molecular complexity index is 468. The van der Waals surface area contributed by atoms with Gasteiger partial charge in [-0.05, 0) is 20.3 Å². The molecule has 2 aromatic rings. The summed E-state index contributed by atoms with van der Waals surface area (Å²) in [4.78, 5) is 15.3. The van der Waals surface area contributed by atoms with E-state index in [0.717, 1.165) is 30.9 Å². The van der Waals surface area contributed by atoms with Crippen LogP contribution in [0.5, 0.6) is 0 Å². The summed E-state index contributed by atoms with van der Waals surface area (Å²) in [5, 5.41) is 3.25. The van der Waals surface area contributed by atoms with Gasteiger partial charge in [0.1, 0.15) is 11.8 Å². The van der Waals surface area contributed by atoms with Crippen molar-refractivity contribution in [2.45, 2.75) is 26.4 Å². The zero-order valence-electron chi connectivity index (χ0n) is 10.1. The molecule has 92 valence electrons. The molecule has 0 aromatic carbocycles. The van der Waals surface area contributed by atoms with E-state index in [2.05, 4.69) is 25.3 Å². The van der Waals surface area contributed by atoms with Gasteiger partial charge in [-0.15, -0.1) is 0 Å². The predicted molar refractivity (Wildman–Crippen MR) is 65.9 cm³/mol. The van der Waals surface area contributed by atoms with E-state index < -0.39 is 0 Å². The van der Waals surface area contributed by atoms with Crippen LogP contribution in [0.15, 0.2) is 12.7 Å². The van der Waals surface area contributed by atoms with Gasteiger partial charge in [-0.2, -0.15) is 0 Å². The molecule has 2 rings (SSSR count). The minimum absolute atomic E-state index is 0.286. The zero-order valence-corrected chi connectivity index (χ0v) is 10.1. The van der Waals surface area contributed by atoms with Crippen LogP contribution in [-0.2, 0) is 4.74 Å². The average molecular weight is 235 g/mol. The first kappa shape index (κ1) is 11.8. The maximum absolute atomic E-state index is 5.46. The van der Waals surface area contributed by atoms with Crippen LogP contribution in [0.1, 0.15) is 20.3 Å². The number of hydrogen-bond acceptors (Lipinski definition) is 5. The molecule has 0 bridgehead atoms. The van der Waals surface area contributed by atoms with Crippen molar-refractivity contribution in [3.8, 4) is 0 Å². The van der Waals surface area contributed by atoms with Crippen molar-refractivity contribution < 1.29 is 4.74 Å². The van der Waals surface area contributed by atoms with Crippen molar-refractivity contribution in [2.75, 3.05) is 18.5 Å². The first-order valence-electron chi connectivity index (χ1n) is 5.77. The third kappa shape index (κ3) is 3.13. The topological polar surface area (TPSA) is 75.7 Å². The van der Waals surface area contributed by atoms with E-state index in [-0.39, 0.29) is 6.10 Å². The molecule has 0 unspecified atom stereocenters. The van der Waals surface area contributed by atoms with E-state index in [1.807, 2.05) is 13.8 Å². The number of ether oxygens (including phenoxy) is 1. The fraction of sp³-hybridized carbons (Fsp3) is 0.545. The summed E-state index contributed by atoms with van der Waals surface area (Å²) in [6.45, 7) is 5.64. The van der Waals surface area contributed by atoms with Gasteiger partial charge in [0, 0.05) is 13.2 Å². The number of nitrogens with one attached hydrogen (secondary N) is 2. The molecule has 0 aliphatic heterocycles. The number of imidazole rings is 1. The Labute approximate surface area is 99.8 Å². The van der Waals surface area contributed by atoms with Crippen LogP contribution < -0.4 is 5.32 Å². The largest absolute Gasteiger partial charge is 0.379 e. The van der Waals surface area contributed by atoms with Crippen LogP contribution in [0.4, 0.5) is 5.82 Å². The molecule has 0 aliphatic carbocycles. The molecule has 0 amide bonds. The summed E-state index contributed by atoms with van der Waals surface area (Å²) in [5.41, 5.74) is 1.53. The van der Waals surface area contributed by atoms with E-state index in [0.29, 0.717) is 5.65 Å². The second-order valence-corrected chi connectivity index (χ2v) is 4.02. The highest BCUT2D eigenvalue weighted by Crippen LogP contribution is 2.13. The Hall–Kier alpha value is -1.69. The molecule has 0 radical (unpaired) electrons. The van der Waals surface area contributed by atoms with Gasteiger partial charge < -0.3 is 15.0 Å². The molecular formula is C11H17N5O. The highest BCUT2D eigenvalue weighted by atomic mass is 16.5. The number of rotatable bonds is 6. The van der Waals surface area contributed by atoms with Crippen molar-refractivity contribution in [2.24, 2.45) is 0 Å². The van der Waals surface area contributed by atoms with E-state index in [1.54, 1.807) is 6.33 Å². The Morgan fingerprint density at radius 2 is 2.24 bits per heavy atom. The highest BCUT2D eigenvalue weighted by molar-refractivity contribution is 5.81. The lowest BCUT2D eigenvalue weighted by Crippen LogP contribution is -2.10. The Kier molecular flexibility index (Phi) is 3.87. The number of aromatic nitrogens is 4.